The van der Waals surface area contributed by atoms with E-state index in [9.17, 15) is 0 Å². The maximum atomic E-state index is 8.18. The highest BCUT2D eigenvalue weighted by Crippen LogP contribution is 2.44. The SMILES string of the molecule is CCN1C2=C(S/C1=C/C=C/C=C/C1NC3=C(S1)/C(=N/S)C(=N)C=C3)/C(=N/SC)C(=N)C=C2. The van der Waals surface area contributed by atoms with Crippen molar-refractivity contribution in [2.24, 2.45) is 8.80 Å². The molecule has 2 heterocycles. The van der Waals surface area contributed by atoms with E-state index in [1.165, 1.54) is 11.9 Å². The Morgan fingerprint density at radius 1 is 1.12 bits per heavy atom. The van der Waals surface area contributed by atoms with E-state index in [-0.39, 0.29) is 5.37 Å². The summed E-state index contributed by atoms with van der Waals surface area (Å²) in [5, 5.41) is 20.8. The van der Waals surface area contributed by atoms with Gasteiger partial charge in [-0.15, -0.1) is 0 Å². The van der Waals surface area contributed by atoms with Crippen molar-refractivity contribution in [1.29, 1.82) is 10.8 Å². The van der Waals surface area contributed by atoms with Gasteiger partial charge in [0.25, 0.3) is 0 Å². The number of thioether (sulfide) groups is 2. The highest BCUT2D eigenvalue weighted by atomic mass is 32.2. The normalized spacial score (nSPS) is 26.7. The largest absolute Gasteiger partial charge is 0.369 e. The molecule has 0 radical (unpaired) electrons. The van der Waals surface area contributed by atoms with Gasteiger partial charge in [-0.3, -0.25) is 10.8 Å². The van der Waals surface area contributed by atoms with Crippen LogP contribution in [0.3, 0.4) is 0 Å². The van der Waals surface area contributed by atoms with Gasteiger partial charge in [-0.25, -0.2) is 8.80 Å². The van der Waals surface area contributed by atoms with Gasteiger partial charge in [0.1, 0.15) is 11.4 Å². The van der Waals surface area contributed by atoms with E-state index < -0.39 is 0 Å². The first kappa shape index (κ1) is 23.0. The summed E-state index contributed by atoms with van der Waals surface area (Å²) in [6, 6.07) is 0. The average molecular weight is 499 g/mol. The van der Waals surface area contributed by atoms with Gasteiger partial charge < -0.3 is 10.2 Å². The molecule has 0 saturated carbocycles. The predicted octanol–water partition coefficient (Wildman–Crippen LogP) is 5.28. The van der Waals surface area contributed by atoms with Gasteiger partial charge in [0.2, 0.25) is 0 Å². The molecular formula is C22H22N6S4. The van der Waals surface area contributed by atoms with E-state index >= 15 is 0 Å². The van der Waals surface area contributed by atoms with Gasteiger partial charge >= 0.3 is 0 Å². The monoisotopic (exact) mass is 498 g/mol. The quantitative estimate of drug-likeness (QED) is 0.179. The molecule has 0 saturated heterocycles. The molecule has 32 heavy (non-hydrogen) atoms. The molecule has 0 amide bonds. The van der Waals surface area contributed by atoms with Crippen LogP contribution in [-0.2, 0) is 0 Å². The first-order chi connectivity index (χ1) is 15.6. The van der Waals surface area contributed by atoms with Gasteiger partial charge in [0.15, 0.2) is 0 Å². The number of likely N-dealkylation sites (N-methyl/N-ethyl adjacent to an activating group) is 1. The van der Waals surface area contributed by atoms with Gasteiger partial charge in [-0.05, 0) is 62.1 Å². The maximum Gasteiger partial charge on any atom is 0.112 e. The van der Waals surface area contributed by atoms with E-state index in [2.05, 4.69) is 50.9 Å². The topological polar surface area (TPSA) is 87.7 Å². The van der Waals surface area contributed by atoms with E-state index in [1.54, 1.807) is 29.6 Å². The lowest BCUT2D eigenvalue weighted by molar-refractivity contribution is 0.502. The second-order valence-electron chi connectivity index (χ2n) is 6.83. The maximum absolute atomic E-state index is 8.18. The summed E-state index contributed by atoms with van der Waals surface area (Å²) in [5.41, 5.74) is 4.29. The van der Waals surface area contributed by atoms with Crippen molar-refractivity contribution < 1.29 is 0 Å². The van der Waals surface area contributed by atoms with Gasteiger partial charge in [-0.2, -0.15) is 0 Å². The molecule has 4 rings (SSSR count). The number of hydrogen-bond acceptors (Lipinski definition) is 10. The summed E-state index contributed by atoms with van der Waals surface area (Å²) in [6.07, 6.45) is 19.6. The minimum atomic E-state index is 0.0846. The van der Waals surface area contributed by atoms with Gasteiger partial charge in [0.05, 0.1) is 43.0 Å². The summed E-state index contributed by atoms with van der Waals surface area (Å²) in [7, 11) is 0. The second kappa shape index (κ2) is 10.2. The van der Waals surface area contributed by atoms with Crippen molar-refractivity contribution in [1.82, 2.24) is 10.2 Å². The average Bonchev–Trinajstić information content (AvgIpc) is 3.36. The third-order valence-corrected chi connectivity index (χ3v) is 7.81. The molecule has 2 aliphatic heterocycles. The molecule has 2 aliphatic carbocycles. The fourth-order valence-electron chi connectivity index (χ4n) is 3.45. The van der Waals surface area contributed by atoms with Crippen molar-refractivity contribution >= 4 is 71.1 Å². The standard InChI is InChI=1S/C22H22N6S4/c1-3-28-16-12-10-14(24)20(27-30-2)22(16)32-18(28)8-6-4-5-7-17-25-15-11-9-13(23)19(26-29)21(15)31-17/h4-12,17,23-25,29H,3H2,1-2H3/b6-4+,7-5+,18-8+,23-13?,24-14?,26-19+,27-20+. The van der Waals surface area contributed by atoms with Crippen molar-refractivity contribution in [2.45, 2.75) is 12.3 Å². The molecule has 1 atom stereocenters. The van der Waals surface area contributed by atoms with Crippen LogP contribution in [0.4, 0.5) is 0 Å². The third kappa shape index (κ3) is 4.50. The zero-order chi connectivity index (χ0) is 22.7. The first-order valence-corrected chi connectivity index (χ1v) is 13.1. The van der Waals surface area contributed by atoms with Crippen molar-refractivity contribution in [3.05, 3.63) is 80.9 Å². The Morgan fingerprint density at radius 2 is 1.91 bits per heavy atom. The smallest absolute Gasteiger partial charge is 0.112 e. The third-order valence-electron chi connectivity index (χ3n) is 4.89. The van der Waals surface area contributed by atoms with Crippen LogP contribution in [-0.4, -0.2) is 45.9 Å². The van der Waals surface area contributed by atoms with E-state index in [0.29, 0.717) is 17.1 Å². The number of nitrogens with zero attached hydrogens (tertiary/aromatic N) is 3. The first-order valence-electron chi connectivity index (χ1n) is 9.87. The number of allylic oxidation sites excluding steroid dienone is 10. The van der Waals surface area contributed by atoms with Crippen LogP contribution in [0.2, 0.25) is 0 Å². The molecule has 4 aliphatic rings. The molecule has 0 aromatic rings. The molecule has 0 aromatic carbocycles. The fraction of sp³-hybridized carbons (Fsp3) is 0.182. The van der Waals surface area contributed by atoms with Crippen LogP contribution in [0.15, 0.2) is 89.7 Å². The lowest BCUT2D eigenvalue weighted by atomic mass is 10.1. The van der Waals surface area contributed by atoms with Crippen LogP contribution in [0.5, 0.6) is 0 Å². The van der Waals surface area contributed by atoms with E-state index in [4.69, 9.17) is 10.8 Å². The van der Waals surface area contributed by atoms with Crippen LogP contribution < -0.4 is 5.32 Å². The van der Waals surface area contributed by atoms with Crippen LogP contribution in [0, 0.1) is 10.8 Å². The minimum absolute atomic E-state index is 0.0846. The van der Waals surface area contributed by atoms with Crippen molar-refractivity contribution in [2.75, 3.05) is 12.8 Å². The number of thiol groups is 1. The lowest BCUT2D eigenvalue weighted by Crippen LogP contribution is -2.21. The molecular weight excluding hydrogens is 477 g/mol. The second-order valence-corrected chi connectivity index (χ2v) is 9.76. The van der Waals surface area contributed by atoms with Crippen molar-refractivity contribution in [3.8, 4) is 0 Å². The number of hydrogen-bond donors (Lipinski definition) is 4. The Labute approximate surface area is 206 Å². The number of nitrogens with one attached hydrogen (secondary N) is 3. The summed E-state index contributed by atoms with van der Waals surface area (Å²) in [5.74, 6) is 0. The van der Waals surface area contributed by atoms with Crippen LogP contribution in [0.1, 0.15) is 6.92 Å². The summed E-state index contributed by atoms with van der Waals surface area (Å²) >= 11 is 8.69. The van der Waals surface area contributed by atoms with E-state index in [0.717, 1.165) is 38.5 Å². The zero-order valence-electron chi connectivity index (χ0n) is 17.5. The molecule has 3 N–H and O–H groups in total. The number of rotatable bonds is 5. The van der Waals surface area contributed by atoms with Gasteiger partial charge in [0, 0.05) is 12.8 Å². The highest BCUT2D eigenvalue weighted by Gasteiger charge is 2.32. The summed E-state index contributed by atoms with van der Waals surface area (Å²) < 4.78 is 8.42. The predicted molar refractivity (Wildman–Crippen MR) is 146 cm³/mol. The molecule has 6 nitrogen and oxygen atoms in total. The van der Waals surface area contributed by atoms with Crippen LogP contribution in [0.25, 0.3) is 0 Å². The summed E-state index contributed by atoms with van der Waals surface area (Å²) in [6.45, 7) is 2.98. The Hall–Kier alpha value is -2.14. The fourth-order valence-corrected chi connectivity index (χ4v) is 6.52. The molecule has 1 unspecified atom stereocenters. The van der Waals surface area contributed by atoms with Crippen LogP contribution >= 0.6 is 48.3 Å². The molecule has 164 valence electrons. The molecule has 10 heteroatoms. The van der Waals surface area contributed by atoms with Crippen molar-refractivity contribution in [3.63, 3.8) is 0 Å². The van der Waals surface area contributed by atoms with Gasteiger partial charge in [-0.1, -0.05) is 47.8 Å². The minimum Gasteiger partial charge on any atom is -0.369 e. The zero-order valence-corrected chi connectivity index (χ0v) is 20.8. The Kier molecular flexibility index (Phi) is 7.34. The molecule has 0 fully saturated rings. The lowest BCUT2D eigenvalue weighted by Gasteiger charge is -2.20. The molecule has 0 spiro atoms. The molecule has 0 bridgehead atoms. The highest BCUT2D eigenvalue weighted by molar-refractivity contribution is 8.08. The molecule has 0 aromatic heterocycles. The Balaban J connectivity index is 1.41. The Morgan fingerprint density at radius 3 is 2.66 bits per heavy atom. The van der Waals surface area contributed by atoms with E-state index in [1.807, 2.05) is 42.7 Å². The Bertz CT molecular complexity index is 1130. The summed E-state index contributed by atoms with van der Waals surface area (Å²) in [4.78, 5) is 4.26.